The molecule has 0 spiro atoms. The molecule has 0 fully saturated rings. The molecular weight excluding hydrogens is 445 g/mol. The second kappa shape index (κ2) is 8.88. The van der Waals surface area contributed by atoms with Gasteiger partial charge in [-0.3, -0.25) is 4.74 Å². The molecule has 0 radical (unpaired) electrons. The third-order valence-corrected chi connectivity index (χ3v) is 5.43. The standard InChI is InChI=1S/C13H17F11O3S/c1-2-3-4-5-6-7-8-28(25,26)13(24,11(19,20)21)27-12(22,23)9(14,15)10(16,17)18/h2-8H2,1H3. The predicted molar refractivity (Wildman–Crippen MR) is 74.1 cm³/mol. The number of hydrogen-bond donors (Lipinski definition) is 0. The maximum Gasteiger partial charge on any atom is 0.464 e. The van der Waals surface area contributed by atoms with E-state index < -0.39 is 51.6 Å². The lowest BCUT2D eigenvalue weighted by atomic mass is 10.1. The minimum absolute atomic E-state index is 0.0811. The summed E-state index contributed by atoms with van der Waals surface area (Å²) in [5, 5.41) is -6.47. The Bertz CT molecular complexity index is 598. The normalized spacial score (nSPS) is 16.9. The molecule has 0 amide bonds. The van der Waals surface area contributed by atoms with E-state index in [9.17, 15) is 56.7 Å². The molecule has 3 nitrogen and oxygen atoms in total. The minimum Gasteiger partial charge on any atom is -0.257 e. The van der Waals surface area contributed by atoms with Gasteiger partial charge in [-0.1, -0.05) is 39.0 Å². The number of rotatable bonds is 11. The van der Waals surface area contributed by atoms with Crippen molar-refractivity contribution in [3.63, 3.8) is 0 Å². The highest BCUT2D eigenvalue weighted by molar-refractivity contribution is 7.92. The molecule has 0 rings (SSSR count). The summed E-state index contributed by atoms with van der Waals surface area (Å²) in [5.74, 6) is -9.05. The van der Waals surface area contributed by atoms with Crippen LogP contribution in [0.25, 0.3) is 0 Å². The molecule has 0 aliphatic rings. The monoisotopic (exact) mass is 462 g/mol. The molecule has 0 aromatic rings. The lowest BCUT2D eigenvalue weighted by Crippen LogP contribution is -2.61. The summed E-state index contributed by atoms with van der Waals surface area (Å²) in [4.78, 5) is 0. The van der Waals surface area contributed by atoms with E-state index in [2.05, 4.69) is 4.74 Å². The van der Waals surface area contributed by atoms with Gasteiger partial charge >= 0.3 is 29.6 Å². The van der Waals surface area contributed by atoms with Crippen LogP contribution >= 0.6 is 0 Å². The highest BCUT2D eigenvalue weighted by Gasteiger charge is 2.80. The SMILES string of the molecule is CCCCCCCCS(=O)(=O)C(F)(OC(F)(F)C(F)(F)C(F)(F)F)C(F)(F)F. The van der Waals surface area contributed by atoms with Crippen molar-refractivity contribution in [2.75, 3.05) is 5.75 Å². The van der Waals surface area contributed by atoms with Gasteiger partial charge in [-0.25, -0.2) is 8.42 Å². The molecule has 0 heterocycles. The van der Waals surface area contributed by atoms with Gasteiger partial charge in [0.15, 0.2) is 0 Å². The fourth-order valence-electron chi connectivity index (χ4n) is 1.90. The van der Waals surface area contributed by atoms with E-state index in [1.807, 2.05) is 0 Å². The third-order valence-electron chi connectivity index (χ3n) is 3.49. The van der Waals surface area contributed by atoms with E-state index in [0.717, 1.165) is 6.42 Å². The maximum absolute atomic E-state index is 14.0. The van der Waals surface area contributed by atoms with Gasteiger partial charge < -0.3 is 0 Å². The Labute approximate surface area is 153 Å². The number of unbranched alkanes of at least 4 members (excludes halogenated alkanes) is 5. The molecule has 1 unspecified atom stereocenters. The van der Waals surface area contributed by atoms with Crippen molar-refractivity contribution >= 4 is 9.84 Å². The fraction of sp³-hybridized carbons (Fsp3) is 1.00. The Morgan fingerprint density at radius 2 is 1.11 bits per heavy atom. The smallest absolute Gasteiger partial charge is 0.257 e. The maximum atomic E-state index is 14.0. The highest BCUT2D eigenvalue weighted by atomic mass is 32.2. The molecule has 0 saturated heterocycles. The number of ether oxygens (including phenoxy) is 1. The molecule has 1 atom stereocenters. The van der Waals surface area contributed by atoms with Crippen molar-refractivity contribution in [2.45, 2.75) is 75.0 Å². The van der Waals surface area contributed by atoms with Crippen LogP contribution in [0.4, 0.5) is 48.3 Å². The first-order valence-electron chi connectivity index (χ1n) is 7.77. The zero-order valence-electron chi connectivity index (χ0n) is 14.2. The Morgan fingerprint density at radius 3 is 1.50 bits per heavy atom. The summed E-state index contributed by atoms with van der Waals surface area (Å²) in [5.41, 5.74) is 0. The quantitative estimate of drug-likeness (QED) is 0.290. The Kier molecular flexibility index (Phi) is 8.60. The number of sulfone groups is 1. The van der Waals surface area contributed by atoms with Crippen LogP contribution in [0.15, 0.2) is 0 Å². The summed E-state index contributed by atoms with van der Waals surface area (Å²) < 4.78 is 165. The molecule has 0 aromatic carbocycles. The summed E-state index contributed by atoms with van der Waals surface area (Å²) >= 11 is 0. The van der Waals surface area contributed by atoms with Crippen LogP contribution in [0, 0.1) is 0 Å². The summed E-state index contributed by atoms with van der Waals surface area (Å²) in [6.07, 6.45) is -19.7. The fourth-order valence-corrected chi connectivity index (χ4v) is 3.33. The van der Waals surface area contributed by atoms with Crippen LogP contribution in [-0.2, 0) is 14.6 Å². The van der Waals surface area contributed by atoms with Gasteiger partial charge in [0, 0.05) is 0 Å². The lowest BCUT2D eigenvalue weighted by molar-refractivity contribution is -0.465. The van der Waals surface area contributed by atoms with Gasteiger partial charge in [0.1, 0.15) is 0 Å². The van der Waals surface area contributed by atoms with Crippen LogP contribution in [-0.4, -0.2) is 43.7 Å². The summed E-state index contributed by atoms with van der Waals surface area (Å²) in [7, 11) is -6.41. The first kappa shape index (κ1) is 27.1. The number of halogens is 11. The van der Waals surface area contributed by atoms with Gasteiger partial charge in [-0.15, -0.1) is 0 Å². The minimum atomic E-state index is -7.29. The molecule has 15 heteroatoms. The summed E-state index contributed by atoms with van der Waals surface area (Å²) in [6.45, 7) is 1.81. The molecule has 0 aromatic heterocycles. The molecule has 0 aliphatic carbocycles. The largest absolute Gasteiger partial charge is 0.464 e. The molecule has 170 valence electrons. The van der Waals surface area contributed by atoms with E-state index >= 15 is 0 Å². The van der Waals surface area contributed by atoms with Crippen molar-refractivity contribution in [3.05, 3.63) is 0 Å². The lowest BCUT2D eigenvalue weighted by Gasteiger charge is -2.34. The second-order valence-corrected chi connectivity index (χ2v) is 7.97. The molecule has 0 bridgehead atoms. The van der Waals surface area contributed by atoms with Crippen LogP contribution < -0.4 is 0 Å². The van der Waals surface area contributed by atoms with Crippen LogP contribution in [0.5, 0.6) is 0 Å². The zero-order valence-corrected chi connectivity index (χ0v) is 15.1. The van der Waals surface area contributed by atoms with Gasteiger partial charge in [0.2, 0.25) is 9.84 Å². The molecular formula is C13H17F11O3S. The van der Waals surface area contributed by atoms with Crippen molar-refractivity contribution < 1.29 is 61.4 Å². The van der Waals surface area contributed by atoms with Gasteiger partial charge in [0.05, 0.1) is 5.75 Å². The van der Waals surface area contributed by atoms with Gasteiger partial charge in [-0.2, -0.15) is 48.3 Å². The van der Waals surface area contributed by atoms with E-state index in [1.54, 1.807) is 6.92 Å². The van der Waals surface area contributed by atoms with E-state index in [4.69, 9.17) is 0 Å². The van der Waals surface area contributed by atoms with E-state index in [-0.39, 0.29) is 12.8 Å². The number of hydrogen-bond acceptors (Lipinski definition) is 3. The van der Waals surface area contributed by atoms with Crippen molar-refractivity contribution in [1.82, 2.24) is 0 Å². The molecule has 0 saturated carbocycles. The average molecular weight is 462 g/mol. The highest BCUT2D eigenvalue weighted by Crippen LogP contribution is 2.52. The zero-order chi connectivity index (χ0) is 22.7. The van der Waals surface area contributed by atoms with Crippen LogP contribution in [0.2, 0.25) is 0 Å². The Morgan fingerprint density at radius 1 is 0.679 bits per heavy atom. The van der Waals surface area contributed by atoms with Crippen molar-refractivity contribution in [1.29, 1.82) is 0 Å². The molecule has 0 aliphatic heterocycles. The molecule has 0 N–H and O–H groups in total. The topological polar surface area (TPSA) is 43.4 Å². The van der Waals surface area contributed by atoms with Crippen LogP contribution in [0.1, 0.15) is 45.4 Å². The average Bonchev–Trinajstić information content (AvgIpc) is 2.47. The number of alkyl halides is 11. The van der Waals surface area contributed by atoms with Crippen LogP contribution in [0.3, 0.4) is 0 Å². The summed E-state index contributed by atoms with van der Waals surface area (Å²) in [6, 6.07) is 0. The second-order valence-electron chi connectivity index (χ2n) is 5.81. The first-order chi connectivity index (χ1) is 12.3. The predicted octanol–water partition coefficient (Wildman–Crippen LogP) is 5.75. The van der Waals surface area contributed by atoms with Gasteiger partial charge in [0.25, 0.3) is 0 Å². The molecule has 28 heavy (non-hydrogen) atoms. The third kappa shape index (κ3) is 5.83. The Hall–Kier alpha value is -0.860. The van der Waals surface area contributed by atoms with E-state index in [0.29, 0.717) is 12.8 Å². The van der Waals surface area contributed by atoms with Gasteiger partial charge in [-0.05, 0) is 6.42 Å². The van der Waals surface area contributed by atoms with Crippen molar-refractivity contribution in [2.24, 2.45) is 0 Å². The first-order valence-corrected chi connectivity index (χ1v) is 9.42. The van der Waals surface area contributed by atoms with Crippen molar-refractivity contribution in [3.8, 4) is 0 Å². The Balaban J connectivity index is 5.65. The van der Waals surface area contributed by atoms with E-state index in [1.165, 1.54) is 0 Å².